The molecular formula is C15H20N2O3. The number of benzene rings is 1. The van der Waals surface area contributed by atoms with E-state index in [2.05, 4.69) is 5.32 Å². The minimum atomic E-state index is -0.430. The summed E-state index contributed by atoms with van der Waals surface area (Å²) >= 11 is 0. The number of amides is 2. The molecule has 0 radical (unpaired) electrons. The van der Waals surface area contributed by atoms with Gasteiger partial charge in [-0.2, -0.15) is 0 Å². The monoisotopic (exact) mass is 276 g/mol. The zero-order valence-corrected chi connectivity index (χ0v) is 11.9. The maximum Gasteiger partial charge on any atom is 0.244 e. The van der Waals surface area contributed by atoms with Gasteiger partial charge in [-0.25, -0.2) is 0 Å². The average Bonchev–Trinajstić information content (AvgIpc) is 2.58. The second kappa shape index (κ2) is 6.41. The molecule has 1 aliphatic rings. The number of methoxy groups -OCH3 is 1. The van der Waals surface area contributed by atoms with Gasteiger partial charge in [0.15, 0.2) is 0 Å². The summed E-state index contributed by atoms with van der Waals surface area (Å²) in [6.45, 7) is 2.85. The second-order valence-electron chi connectivity index (χ2n) is 4.96. The molecule has 1 aromatic rings. The molecule has 5 nitrogen and oxygen atoms in total. The number of nitrogens with one attached hydrogen (secondary N) is 1. The Bertz CT molecular complexity index is 484. The first-order valence-electron chi connectivity index (χ1n) is 6.81. The molecule has 1 unspecified atom stereocenters. The van der Waals surface area contributed by atoms with Crippen LogP contribution < -0.4 is 10.1 Å². The van der Waals surface area contributed by atoms with E-state index in [1.54, 1.807) is 18.9 Å². The van der Waals surface area contributed by atoms with Crippen LogP contribution in [0.2, 0.25) is 0 Å². The van der Waals surface area contributed by atoms with Gasteiger partial charge in [0.25, 0.3) is 0 Å². The Morgan fingerprint density at radius 1 is 1.30 bits per heavy atom. The predicted molar refractivity (Wildman–Crippen MR) is 75.5 cm³/mol. The van der Waals surface area contributed by atoms with Gasteiger partial charge in [0, 0.05) is 19.5 Å². The molecule has 1 atom stereocenters. The van der Waals surface area contributed by atoms with Crippen molar-refractivity contribution >= 4 is 11.8 Å². The summed E-state index contributed by atoms with van der Waals surface area (Å²) in [6.07, 6.45) is 1.15. The molecule has 0 aromatic heterocycles. The maximum atomic E-state index is 12.1. The van der Waals surface area contributed by atoms with Crippen LogP contribution in [-0.2, 0) is 16.0 Å². The van der Waals surface area contributed by atoms with Crippen LogP contribution in [0.4, 0.5) is 0 Å². The summed E-state index contributed by atoms with van der Waals surface area (Å²) in [6, 6.07) is 7.38. The molecule has 2 amide bonds. The molecule has 0 bridgehead atoms. The third-order valence-corrected chi connectivity index (χ3v) is 3.50. The normalized spacial score (nSPS) is 19.5. The summed E-state index contributed by atoms with van der Waals surface area (Å²) in [4.78, 5) is 25.3. The van der Waals surface area contributed by atoms with Gasteiger partial charge in [0.1, 0.15) is 11.8 Å². The van der Waals surface area contributed by atoms with E-state index in [4.69, 9.17) is 4.74 Å². The second-order valence-corrected chi connectivity index (χ2v) is 4.96. The van der Waals surface area contributed by atoms with Crippen molar-refractivity contribution in [1.29, 1.82) is 0 Å². The minimum absolute atomic E-state index is 0.00985. The van der Waals surface area contributed by atoms with Crippen LogP contribution in [0.15, 0.2) is 24.3 Å². The third kappa shape index (κ3) is 3.50. The zero-order valence-electron chi connectivity index (χ0n) is 11.9. The number of nitrogens with zero attached hydrogens (tertiary/aromatic N) is 1. The highest BCUT2D eigenvalue weighted by Crippen LogP contribution is 2.12. The van der Waals surface area contributed by atoms with Gasteiger partial charge < -0.3 is 15.0 Å². The summed E-state index contributed by atoms with van der Waals surface area (Å²) in [5.41, 5.74) is 1.15. The molecule has 1 heterocycles. The molecule has 20 heavy (non-hydrogen) atoms. The van der Waals surface area contributed by atoms with Crippen molar-refractivity contribution in [3.8, 4) is 5.75 Å². The molecule has 1 fully saturated rings. The Hall–Kier alpha value is -2.04. The Kier molecular flexibility index (Phi) is 4.61. The number of hydrogen-bond donors (Lipinski definition) is 1. The van der Waals surface area contributed by atoms with Crippen molar-refractivity contribution in [3.63, 3.8) is 0 Å². The number of carbonyl (C=O) groups is 2. The van der Waals surface area contributed by atoms with Crippen LogP contribution in [0.25, 0.3) is 0 Å². The molecule has 0 aliphatic carbocycles. The molecule has 108 valence electrons. The van der Waals surface area contributed by atoms with E-state index in [0.29, 0.717) is 19.5 Å². The smallest absolute Gasteiger partial charge is 0.244 e. The van der Waals surface area contributed by atoms with E-state index in [1.165, 1.54) is 0 Å². The third-order valence-electron chi connectivity index (χ3n) is 3.50. The highest BCUT2D eigenvalue weighted by Gasteiger charge is 2.25. The maximum absolute atomic E-state index is 12.1. The van der Waals surface area contributed by atoms with E-state index >= 15 is 0 Å². The van der Waals surface area contributed by atoms with E-state index in [0.717, 1.165) is 17.7 Å². The largest absolute Gasteiger partial charge is 0.497 e. The number of ether oxygens (including phenoxy) is 1. The summed E-state index contributed by atoms with van der Waals surface area (Å²) in [5.74, 6) is 0.755. The number of carbonyl (C=O) groups excluding carboxylic acids is 2. The first-order valence-corrected chi connectivity index (χ1v) is 6.81. The molecule has 1 aliphatic heterocycles. The SMILES string of the molecule is COc1ccc(CCN2CCC(=O)NC(C)C2=O)cc1. The van der Waals surface area contributed by atoms with Crippen LogP contribution in [0.1, 0.15) is 18.9 Å². The van der Waals surface area contributed by atoms with Crippen molar-refractivity contribution < 1.29 is 14.3 Å². The summed E-state index contributed by atoms with van der Waals surface area (Å²) < 4.78 is 5.11. The van der Waals surface area contributed by atoms with Crippen molar-refractivity contribution in [3.05, 3.63) is 29.8 Å². The average molecular weight is 276 g/mol. The van der Waals surface area contributed by atoms with Gasteiger partial charge in [-0.1, -0.05) is 12.1 Å². The van der Waals surface area contributed by atoms with E-state index < -0.39 is 6.04 Å². The van der Waals surface area contributed by atoms with Crippen LogP contribution in [0, 0.1) is 0 Å². The predicted octanol–water partition coefficient (Wildman–Crippen LogP) is 0.975. The van der Waals surface area contributed by atoms with E-state index in [-0.39, 0.29) is 11.8 Å². The molecule has 1 aromatic carbocycles. The van der Waals surface area contributed by atoms with Crippen LogP contribution in [0.5, 0.6) is 5.75 Å². The molecule has 1 N–H and O–H groups in total. The Labute approximate surface area is 118 Å². The van der Waals surface area contributed by atoms with E-state index in [9.17, 15) is 9.59 Å². The van der Waals surface area contributed by atoms with Gasteiger partial charge >= 0.3 is 0 Å². The Balaban J connectivity index is 1.94. The number of rotatable bonds is 4. The lowest BCUT2D eigenvalue weighted by molar-refractivity contribution is -0.133. The lowest BCUT2D eigenvalue weighted by Crippen LogP contribution is -2.43. The highest BCUT2D eigenvalue weighted by molar-refractivity contribution is 5.89. The van der Waals surface area contributed by atoms with Gasteiger partial charge in [-0.3, -0.25) is 9.59 Å². The first kappa shape index (κ1) is 14.4. The first-order chi connectivity index (χ1) is 9.60. The summed E-state index contributed by atoms with van der Waals surface area (Å²) in [7, 11) is 1.64. The van der Waals surface area contributed by atoms with Crippen LogP contribution >= 0.6 is 0 Å². The molecule has 1 saturated heterocycles. The standard InChI is InChI=1S/C15H20N2O3/c1-11-15(19)17(10-8-14(18)16-11)9-7-12-3-5-13(20-2)6-4-12/h3-6,11H,7-10H2,1-2H3,(H,16,18). The number of hydrogen-bond acceptors (Lipinski definition) is 3. The Morgan fingerprint density at radius 3 is 2.65 bits per heavy atom. The van der Waals surface area contributed by atoms with Crippen molar-refractivity contribution in [2.45, 2.75) is 25.8 Å². The topological polar surface area (TPSA) is 58.6 Å². The van der Waals surface area contributed by atoms with Gasteiger partial charge in [-0.15, -0.1) is 0 Å². The van der Waals surface area contributed by atoms with Crippen LogP contribution in [0.3, 0.4) is 0 Å². The minimum Gasteiger partial charge on any atom is -0.497 e. The summed E-state index contributed by atoms with van der Waals surface area (Å²) in [5, 5.41) is 2.69. The fourth-order valence-corrected chi connectivity index (χ4v) is 2.27. The fraction of sp³-hybridized carbons (Fsp3) is 0.467. The van der Waals surface area contributed by atoms with Gasteiger partial charge in [0.2, 0.25) is 11.8 Å². The zero-order chi connectivity index (χ0) is 14.5. The van der Waals surface area contributed by atoms with Gasteiger partial charge in [-0.05, 0) is 31.0 Å². The fourth-order valence-electron chi connectivity index (χ4n) is 2.27. The quantitative estimate of drug-likeness (QED) is 0.891. The molecule has 2 rings (SSSR count). The van der Waals surface area contributed by atoms with Crippen molar-refractivity contribution in [1.82, 2.24) is 10.2 Å². The molecule has 0 spiro atoms. The molecule has 5 heteroatoms. The molecule has 0 saturated carbocycles. The molecular weight excluding hydrogens is 256 g/mol. The van der Waals surface area contributed by atoms with Crippen molar-refractivity contribution in [2.24, 2.45) is 0 Å². The van der Waals surface area contributed by atoms with Crippen molar-refractivity contribution in [2.75, 3.05) is 20.2 Å². The lowest BCUT2D eigenvalue weighted by Gasteiger charge is -2.22. The Morgan fingerprint density at radius 2 is 2.00 bits per heavy atom. The van der Waals surface area contributed by atoms with Crippen LogP contribution in [-0.4, -0.2) is 43.0 Å². The van der Waals surface area contributed by atoms with Gasteiger partial charge in [0.05, 0.1) is 7.11 Å². The van der Waals surface area contributed by atoms with E-state index in [1.807, 2.05) is 24.3 Å². The highest BCUT2D eigenvalue weighted by atomic mass is 16.5. The lowest BCUT2D eigenvalue weighted by atomic mass is 10.1.